The lowest BCUT2D eigenvalue weighted by Gasteiger charge is -2.28. The molecule has 39 heavy (non-hydrogen) atoms. The molecule has 5 rings (SSSR count). The van der Waals surface area contributed by atoms with Gasteiger partial charge in [0, 0.05) is 30.5 Å². The zero-order valence-electron chi connectivity index (χ0n) is 21.8. The van der Waals surface area contributed by atoms with Gasteiger partial charge in [0.15, 0.2) is 5.69 Å². The predicted molar refractivity (Wildman–Crippen MR) is 147 cm³/mol. The Morgan fingerprint density at radius 1 is 1.00 bits per heavy atom. The predicted octanol–water partition coefficient (Wildman–Crippen LogP) is 3.87. The number of hydrogen-bond donors (Lipinski definition) is 0. The average molecular weight is 573 g/mol. The van der Waals surface area contributed by atoms with Crippen molar-refractivity contribution in [1.29, 1.82) is 0 Å². The summed E-state index contributed by atoms with van der Waals surface area (Å²) in [5.74, 6) is 0.266. The number of imidazole rings is 1. The Morgan fingerprint density at radius 2 is 1.69 bits per heavy atom. The lowest BCUT2D eigenvalue weighted by Crippen LogP contribution is -2.36. The van der Waals surface area contributed by atoms with Crippen LogP contribution in [0.3, 0.4) is 0 Å². The van der Waals surface area contributed by atoms with Crippen LogP contribution in [0, 0.1) is 0 Å². The van der Waals surface area contributed by atoms with E-state index in [2.05, 4.69) is 9.97 Å². The molecule has 0 saturated heterocycles. The average Bonchev–Trinajstić information content (AvgIpc) is 3.41. The van der Waals surface area contributed by atoms with Crippen molar-refractivity contribution in [2.75, 3.05) is 19.1 Å². The summed E-state index contributed by atoms with van der Waals surface area (Å²) in [5, 5.41) is 0.864. The number of carbonyl (C=O) groups is 1. The highest BCUT2D eigenvalue weighted by Gasteiger charge is 2.46. The first kappa shape index (κ1) is 28.1. The molecule has 1 amide bonds. The SMILES string of the molecule is COc1ncc(-c2nc3c(n2C(C)C)[C@H](c2ccc(Cl)cc2)N(c2cc(Cl)cn(C)c2=O)C3=O)c(OC)n1.O. The molecule has 204 valence electrons. The summed E-state index contributed by atoms with van der Waals surface area (Å²) in [4.78, 5) is 42.0. The van der Waals surface area contributed by atoms with Gasteiger partial charge in [-0.3, -0.25) is 14.5 Å². The number of rotatable bonds is 6. The number of fused-ring (bicyclic) bond motifs is 1. The quantitative estimate of drug-likeness (QED) is 0.342. The van der Waals surface area contributed by atoms with E-state index in [4.69, 9.17) is 37.7 Å². The van der Waals surface area contributed by atoms with E-state index in [9.17, 15) is 9.59 Å². The summed E-state index contributed by atoms with van der Waals surface area (Å²) >= 11 is 12.5. The molecule has 0 aliphatic carbocycles. The molecule has 0 spiro atoms. The van der Waals surface area contributed by atoms with Gasteiger partial charge in [-0.25, -0.2) is 9.97 Å². The van der Waals surface area contributed by atoms with E-state index in [1.54, 1.807) is 25.4 Å². The van der Waals surface area contributed by atoms with Crippen molar-refractivity contribution in [1.82, 2.24) is 24.1 Å². The number of amides is 1. The Morgan fingerprint density at radius 3 is 2.31 bits per heavy atom. The zero-order chi connectivity index (χ0) is 27.3. The van der Waals surface area contributed by atoms with Gasteiger partial charge in [-0.15, -0.1) is 0 Å². The number of halogens is 2. The van der Waals surface area contributed by atoms with Gasteiger partial charge < -0.3 is 24.1 Å². The minimum absolute atomic E-state index is 0. The molecule has 0 unspecified atom stereocenters. The molecular weight excluding hydrogens is 547 g/mol. The fourth-order valence-electron chi connectivity index (χ4n) is 4.72. The first-order valence-corrected chi connectivity index (χ1v) is 12.4. The van der Waals surface area contributed by atoms with Crippen LogP contribution >= 0.6 is 23.2 Å². The topological polar surface area (TPSA) is 136 Å². The van der Waals surface area contributed by atoms with Crippen molar-refractivity contribution in [2.24, 2.45) is 7.05 Å². The van der Waals surface area contributed by atoms with Crippen LogP contribution in [-0.2, 0) is 7.05 Å². The minimum Gasteiger partial charge on any atom is -0.480 e. The fraction of sp³-hybridized carbons (Fsp3) is 0.269. The minimum atomic E-state index is -0.685. The van der Waals surface area contributed by atoms with Crippen molar-refractivity contribution in [3.63, 3.8) is 0 Å². The number of carbonyl (C=O) groups excluding carboxylic acids is 1. The summed E-state index contributed by atoms with van der Waals surface area (Å²) < 4.78 is 13.9. The van der Waals surface area contributed by atoms with Crippen LogP contribution < -0.4 is 19.9 Å². The van der Waals surface area contributed by atoms with E-state index in [0.717, 1.165) is 5.56 Å². The van der Waals surface area contributed by atoms with Gasteiger partial charge in [-0.2, -0.15) is 4.98 Å². The molecule has 0 radical (unpaired) electrons. The van der Waals surface area contributed by atoms with Crippen molar-refractivity contribution in [2.45, 2.75) is 25.9 Å². The maximum absolute atomic E-state index is 14.0. The van der Waals surface area contributed by atoms with E-state index >= 15 is 0 Å². The summed E-state index contributed by atoms with van der Waals surface area (Å²) in [6.45, 7) is 3.96. The number of ether oxygens (including phenoxy) is 2. The normalized spacial score (nSPS) is 14.4. The zero-order valence-corrected chi connectivity index (χ0v) is 23.3. The molecule has 13 heteroatoms. The third-order valence-electron chi connectivity index (χ3n) is 6.33. The van der Waals surface area contributed by atoms with Crippen LogP contribution in [0.5, 0.6) is 11.9 Å². The fourth-order valence-corrected chi connectivity index (χ4v) is 5.09. The number of methoxy groups -OCH3 is 2. The first-order chi connectivity index (χ1) is 18.2. The Balaban J connectivity index is 0.00000353. The lowest BCUT2D eigenvalue weighted by molar-refractivity contribution is 0.0989. The number of pyridine rings is 1. The second kappa shape index (κ2) is 10.7. The molecule has 1 aliphatic heterocycles. The number of aryl methyl sites for hydroxylation is 1. The van der Waals surface area contributed by atoms with Crippen LogP contribution in [-0.4, -0.2) is 49.7 Å². The van der Waals surface area contributed by atoms with Crippen molar-refractivity contribution < 1.29 is 19.7 Å². The van der Waals surface area contributed by atoms with Gasteiger partial charge >= 0.3 is 6.01 Å². The highest BCUT2D eigenvalue weighted by atomic mass is 35.5. The summed E-state index contributed by atoms with van der Waals surface area (Å²) in [6, 6.07) is 7.94. The van der Waals surface area contributed by atoms with Crippen LogP contribution in [0.2, 0.25) is 10.0 Å². The molecule has 3 aromatic heterocycles. The Bertz CT molecular complexity index is 1620. The molecular formula is C26H26Cl2N6O5. The third-order valence-corrected chi connectivity index (χ3v) is 6.79. The molecule has 0 bridgehead atoms. The molecule has 1 aliphatic rings. The standard InChI is InChI=1S/C26H24Cl2N6O4.H2O/c1-13(2)33-21-19(30-22(33)17-11-29-26(38-5)31-23(17)37-4)25(36)34(18-10-16(28)12-32(3)24(18)35)20(21)14-6-8-15(27)9-7-14;/h6-13,20H,1-5H3;1H2/t20-;/m0./s1. The first-order valence-electron chi connectivity index (χ1n) is 11.7. The monoisotopic (exact) mass is 572 g/mol. The van der Waals surface area contributed by atoms with Gasteiger partial charge in [0.25, 0.3) is 11.5 Å². The Labute approximate surface area is 233 Å². The van der Waals surface area contributed by atoms with Crippen molar-refractivity contribution in [3.8, 4) is 23.3 Å². The molecule has 1 atom stereocenters. The third kappa shape index (κ3) is 4.62. The number of benzene rings is 1. The number of anilines is 1. The van der Waals surface area contributed by atoms with Gasteiger partial charge in [-0.05, 0) is 37.6 Å². The molecule has 4 aromatic rings. The molecule has 0 fully saturated rings. The molecule has 0 saturated carbocycles. The van der Waals surface area contributed by atoms with Gasteiger partial charge in [0.2, 0.25) is 5.88 Å². The van der Waals surface area contributed by atoms with E-state index in [0.29, 0.717) is 27.1 Å². The maximum Gasteiger partial charge on any atom is 0.319 e. The maximum atomic E-state index is 14.0. The molecule has 1 aromatic carbocycles. The smallest absolute Gasteiger partial charge is 0.319 e. The van der Waals surface area contributed by atoms with Crippen LogP contribution in [0.1, 0.15) is 47.7 Å². The van der Waals surface area contributed by atoms with Gasteiger partial charge in [0.05, 0.1) is 30.5 Å². The van der Waals surface area contributed by atoms with E-state index < -0.39 is 11.9 Å². The molecule has 2 N–H and O–H groups in total. The largest absolute Gasteiger partial charge is 0.480 e. The van der Waals surface area contributed by atoms with Gasteiger partial charge in [-0.1, -0.05) is 35.3 Å². The second-order valence-electron chi connectivity index (χ2n) is 9.00. The Hall–Kier alpha value is -3.93. The summed E-state index contributed by atoms with van der Waals surface area (Å²) in [5.41, 5.74) is 1.83. The molecule has 4 heterocycles. The second-order valence-corrected chi connectivity index (χ2v) is 9.87. The Kier molecular flexibility index (Phi) is 7.69. The van der Waals surface area contributed by atoms with E-state index in [1.807, 2.05) is 30.5 Å². The lowest BCUT2D eigenvalue weighted by atomic mass is 10.0. The number of aromatic nitrogens is 5. The number of nitrogens with zero attached hydrogens (tertiary/aromatic N) is 6. The van der Waals surface area contributed by atoms with Crippen LogP contribution in [0.4, 0.5) is 5.69 Å². The van der Waals surface area contributed by atoms with E-state index in [-0.39, 0.29) is 40.3 Å². The van der Waals surface area contributed by atoms with Crippen molar-refractivity contribution in [3.05, 3.63) is 80.1 Å². The van der Waals surface area contributed by atoms with Crippen LogP contribution in [0.15, 0.2) is 47.5 Å². The highest BCUT2D eigenvalue weighted by molar-refractivity contribution is 6.31. The summed E-state index contributed by atoms with van der Waals surface area (Å²) in [6.07, 6.45) is 3.05. The number of hydrogen-bond acceptors (Lipinski definition) is 7. The van der Waals surface area contributed by atoms with Crippen molar-refractivity contribution >= 4 is 34.8 Å². The van der Waals surface area contributed by atoms with E-state index in [1.165, 1.54) is 35.9 Å². The van der Waals surface area contributed by atoms with Gasteiger partial charge in [0.1, 0.15) is 17.6 Å². The van der Waals surface area contributed by atoms with Crippen LogP contribution in [0.25, 0.3) is 11.4 Å². The highest BCUT2D eigenvalue weighted by Crippen LogP contribution is 2.45. The molecule has 11 nitrogen and oxygen atoms in total. The summed E-state index contributed by atoms with van der Waals surface area (Å²) in [7, 11) is 4.53.